The predicted octanol–water partition coefficient (Wildman–Crippen LogP) is 3.36. The Hall–Kier alpha value is -1.02. The van der Waals surface area contributed by atoms with E-state index in [2.05, 4.69) is 57.0 Å². The molecule has 0 aromatic heterocycles. The molecule has 18 heavy (non-hydrogen) atoms. The molecule has 1 aromatic rings. The Morgan fingerprint density at radius 1 is 1.22 bits per heavy atom. The maximum Gasteiger partial charge on any atom is 0.119 e. The highest BCUT2D eigenvalue weighted by molar-refractivity contribution is 5.28. The molecule has 100 valence electrons. The van der Waals surface area contributed by atoms with Crippen LogP contribution in [0.25, 0.3) is 0 Å². The van der Waals surface area contributed by atoms with Gasteiger partial charge in [0.2, 0.25) is 0 Å². The van der Waals surface area contributed by atoms with E-state index >= 15 is 0 Å². The maximum atomic E-state index is 5.99. The lowest BCUT2D eigenvalue weighted by Crippen LogP contribution is -2.21. The van der Waals surface area contributed by atoms with Gasteiger partial charge in [0.15, 0.2) is 0 Å². The quantitative estimate of drug-likeness (QED) is 0.812. The first-order valence-electron chi connectivity index (χ1n) is 6.86. The molecule has 1 atom stereocenters. The molecule has 0 saturated carbocycles. The minimum atomic E-state index is 0.344. The number of ether oxygens (including phenoxy) is 1. The van der Waals surface area contributed by atoms with Crippen molar-refractivity contribution in [3.05, 3.63) is 29.8 Å². The Bertz CT molecular complexity index is 377. The van der Waals surface area contributed by atoms with Gasteiger partial charge < -0.3 is 9.64 Å². The van der Waals surface area contributed by atoms with Crippen LogP contribution < -0.4 is 4.74 Å². The van der Waals surface area contributed by atoms with E-state index in [-0.39, 0.29) is 0 Å². The van der Waals surface area contributed by atoms with Gasteiger partial charge >= 0.3 is 0 Å². The van der Waals surface area contributed by atoms with Gasteiger partial charge in [0, 0.05) is 13.1 Å². The first-order chi connectivity index (χ1) is 8.42. The summed E-state index contributed by atoms with van der Waals surface area (Å²) >= 11 is 0. The Morgan fingerprint density at radius 3 is 2.39 bits per heavy atom. The summed E-state index contributed by atoms with van der Waals surface area (Å²) in [5.74, 6) is 1.01. The molecule has 0 N–H and O–H groups in total. The van der Waals surface area contributed by atoms with Crippen LogP contribution in [0.5, 0.6) is 5.75 Å². The number of rotatable bonds is 3. The fourth-order valence-electron chi connectivity index (χ4n) is 2.48. The third-order valence-corrected chi connectivity index (χ3v) is 3.31. The molecule has 2 rings (SSSR count). The monoisotopic (exact) mass is 247 g/mol. The van der Waals surface area contributed by atoms with Crippen molar-refractivity contribution < 1.29 is 4.74 Å². The van der Waals surface area contributed by atoms with Gasteiger partial charge in [0.1, 0.15) is 11.9 Å². The maximum absolute atomic E-state index is 5.99. The van der Waals surface area contributed by atoms with Crippen molar-refractivity contribution in [2.75, 3.05) is 20.1 Å². The van der Waals surface area contributed by atoms with Crippen LogP contribution in [-0.4, -0.2) is 31.1 Å². The molecule has 1 aromatic carbocycles. The topological polar surface area (TPSA) is 12.5 Å². The zero-order chi connectivity index (χ0) is 13.2. The fraction of sp³-hybridized carbons (Fsp3) is 0.625. The third-order valence-electron chi connectivity index (χ3n) is 3.31. The largest absolute Gasteiger partial charge is 0.489 e. The Balaban J connectivity index is 1.91. The van der Waals surface area contributed by atoms with Gasteiger partial charge in [-0.3, -0.25) is 0 Å². The van der Waals surface area contributed by atoms with Gasteiger partial charge in [0.05, 0.1) is 0 Å². The first-order valence-corrected chi connectivity index (χ1v) is 6.86. The molecule has 1 aliphatic rings. The molecule has 0 spiro atoms. The first kappa shape index (κ1) is 13.4. The Labute approximate surface area is 111 Å². The van der Waals surface area contributed by atoms with Gasteiger partial charge in [-0.1, -0.05) is 32.9 Å². The van der Waals surface area contributed by atoms with Crippen molar-refractivity contribution in [3.8, 4) is 5.75 Å². The number of hydrogen-bond donors (Lipinski definition) is 0. The lowest BCUT2D eigenvalue weighted by molar-refractivity contribution is 0.208. The van der Waals surface area contributed by atoms with Crippen LogP contribution in [0.4, 0.5) is 0 Å². The molecule has 2 nitrogen and oxygen atoms in total. The van der Waals surface area contributed by atoms with Crippen molar-refractivity contribution in [2.24, 2.45) is 5.41 Å². The summed E-state index contributed by atoms with van der Waals surface area (Å²) in [5.41, 5.74) is 1.73. The van der Waals surface area contributed by atoms with Crippen LogP contribution in [0.2, 0.25) is 0 Å². The molecule has 2 heteroatoms. The van der Waals surface area contributed by atoms with Crippen LogP contribution in [0.1, 0.15) is 32.8 Å². The van der Waals surface area contributed by atoms with Gasteiger partial charge in [-0.15, -0.1) is 0 Å². The molecule has 0 radical (unpaired) electrons. The van der Waals surface area contributed by atoms with Gasteiger partial charge in [0.25, 0.3) is 0 Å². The van der Waals surface area contributed by atoms with E-state index in [1.165, 1.54) is 5.56 Å². The summed E-state index contributed by atoms with van der Waals surface area (Å²) in [7, 11) is 2.15. The van der Waals surface area contributed by atoms with Crippen LogP contribution in [0, 0.1) is 5.41 Å². The molecule has 1 saturated heterocycles. The molecular weight excluding hydrogens is 222 g/mol. The normalized spacial score (nSPS) is 21.2. The number of likely N-dealkylation sites (tertiary alicyclic amines) is 1. The van der Waals surface area contributed by atoms with Crippen LogP contribution >= 0.6 is 0 Å². The second-order valence-electron chi connectivity index (χ2n) is 6.67. The summed E-state index contributed by atoms with van der Waals surface area (Å²) < 4.78 is 5.99. The number of likely N-dealkylation sites (N-methyl/N-ethyl adjacent to an activating group) is 1. The van der Waals surface area contributed by atoms with Crippen LogP contribution in [0.15, 0.2) is 24.3 Å². The van der Waals surface area contributed by atoms with Gasteiger partial charge in [-0.25, -0.2) is 0 Å². The summed E-state index contributed by atoms with van der Waals surface area (Å²) in [6, 6.07) is 8.61. The summed E-state index contributed by atoms with van der Waals surface area (Å²) in [4.78, 5) is 2.32. The lowest BCUT2D eigenvalue weighted by atomic mass is 9.88. The van der Waals surface area contributed by atoms with E-state index in [1.54, 1.807) is 0 Å². The SMILES string of the molecule is CN1CCC(Oc2ccc(CC(C)(C)C)cc2)C1. The second-order valence-corrected chi connectivity index (χ2v) is 6.67. The van der Waals surface area contributed by atoms with Gasteiger partial charge in [-0.2, -0.15) is 0 Å². The average Bonchev–Trinajstić information content (AvgIpc) is 2.65. The van der Waals surface area contributed by atoms with Crippen molar-refractivity contribution >= 4 is 0 Å². The molecule has 0 bridgehead atoms. The van der Waals surface area contributed by atoms with E-state index < -0.39 is 0 Å². The van der Waals surface area contributed by atoms with Crippen molar-refractivity contribution in [1.82, 2.24) is 4.90 Å². The predicted molar refractivity (Wildman–Crippen MR) is 76.1 cm³/mol. The molecule has 1 unspecified atom stereocenters. The Kier molecular flexibility index (Phi) is 3.96. The molecule has 0 aliphatic carbocycles. The number of nitrogens with zero attached hydrogens (tertiary/aromatic N) is 1. The second kappa shape index (κ2) is 5.31. The highest BCUT2D eigenvalue weighted by Crippen LogP contribution is 2.23. The highest BCUT2D eigenvalue weighted by Gasteiger charge is 2.20. The highest BCUT2D eigenvalue weighted by atomic mass is 16.5. The molecule has 0 amide bonds. The zero-order valence-corrected chi connectivity index (χ0v) is 12.1. The smallest absolute Gasteiger partial charge is 0.119 e. The van der Waals surface area contributed by atoms with E-state index in [0.29, 0.717) is 11.5 Å². The van der Waals surface area contributed by atoms with Crippen molar-refractivity contribution in [1.29, 1.82) is 0 Å². The lowest BCUT2D eigenvalue weighted by Gasteiger charge is -2.19. The molecule has 1 aliphatic heterocycles. The van der Waals surface area contributed by atoms with Crippen LogP contribution in [-0.2, 0) is 6.42 Å². The summed E-state index contributed by atoms with van der Waals surface area (Å²) in [6.07, 6.45) is 2.61. The van der Waals surface area contributed by atoms with E-state index in [9.17, 15) is 0 Å². The zero-order valence-electron chi connectivity index (χ0n) is 12.1. The third kappa shape index (κ3) is 4.02. The van der Waals surface area contributed by atoms with Crippen molar-refractivity contribution in [3.63, 3.8) is 0 Å². The summed E-state index contributed by atoms with van der Waals surface area (Å²) in [6.45, 7) is 9.00. The molecular formula is C16H25NO. The van der Waals surface area contributed by atoms with Crippen LogP contribution in [0.3, 0.4) is 0 Å². The minimum Gasteiger partial charge on any atom is -0.489 e. The van der Waals surface area contributed by atoms with E-state index in [0.717, 1.165) is 31.7 Å². The fourth-order valence-corrected chi connectivity index (χ4v) is 2.48. The minimum absolute atomic E-state index is 0.344. The summed E-state index contributed by atoms with van der Waals surface area (Å²) in [5, 5.41) is 0. The average molecular weight is 247 g/mol. The van der Waals surface area contributed by atoms with Gasteiger partial charge in [-0.05, 0) is 43.0 Å². The molecule has 1 heterocycles. The number of hydrogen-bond acceptors (Lipinski definition) is 2. The standard InChI is InChI=1S/C16H25NO/c1-16(2,3)11-13-5-7-14(8-6-13)18-15-9-10-17(4)12-15/h5-8,15H,9-12H2,1-4H3. The van der Waals surface area contributed by atoms with Crippen molar-refractivity contribution in [2.45, 2.75) is 39.7 Å². The Morgan fingerprint density at radius 2 is 1.89 bits per heavy atom. The van der Waals surface area contributed by atoms with E-state index in [1.807, 2.05) is 0 Å². The van der Waals surface area contributed by atoms with E-state index in [4.69, 9.17) is 4.74 Å². The molecule has 1 fully saturated rings. The number of benzene rings is 1.